The molecule has 3 rings (SSSR count). The number of pyridine rings is 1. The molecule has 36 heavy (non-hydrogen) atoms. The Bertz CT molecular complexity index is 1320. The Balaban J connectivity index is 2.16. The average molecular weight is 554 g/mol. The van der Waals surface area contributed by atoms with E-state index in [2.05, 4.69) is 4.98 Å². The van der Waals surface area contributed by atoms with Crippen LogP contribution in [0.15, 0.2) is 53.6 Å². The van der Waals surface area contributed by atoms with E-state index < -0.39 is 17.8 Å². The summed E-state index contributed by atoms with van der Waals surface area (Å²) >= 11 is 6.48. The SMILES string of the molecule is COc1ccccc1N(C)C(=O)c1cc(-c2cnc(C(F)(F)F)cc2C#N)c(Cl)cc1SSCCO. The molecular formula is C24H19ClF3N3O3S2. The topological polar surface area (TPSA) is 86.5 Å². The summed E-state index contributed by atoms with van der Waals surface area (Å²) in [6.07, 6.45) is -3.80. The first-order valence-electron chi connectivity index (χ1n) is 10.2. The standard InChI is InChI=1S/C24H19ClF3N3O3S2/c1-31(19-5-3-4-6-20(19)34-2)23(33)16-10-15(18(25)11-21(16)36-35-8-7-32)17-13-30-22(24(26,27)28)9-14(17)12-29/h3-6,9-11,13,32H,7-8H2,1-2H3. The number of aliphatic hydroxyl groups is 1. The molecule has 1 heterocycles. The minimum Gasteiger partial charge on any atom is -0.495 e. The number of ether oxygens (including phenoxy) is 1. The van der Waals surface area contributed by atoms with Crippen LogP contribution in [0.4, 0.5) is 18.9 Å². The lowest BCUT2D eigenvalue weighted by atomic mass is 9.99. The Morgan fingerprint density at radius 2 is 1.97 bits per heavy atom. The number of carbonyl (C=O) groups excluding carboxylic acids is 1. The molecule has 1 N–H and O–H groups in total. The monoisotopic (exact) mass is 553 g/mol. The number of alkyl halides is 3. The number of anilines is 1. The van der Waals surface area contributed by atoms with Crippen LogP contribution in [0.25, 0.3) is 11.1 Å². The van der Waals surface area contributed by atoms with Gasteiger partial charge < -0.3 is 14.7 Å². The van der Waals surface area contributed by atoms with Gasteiger partial charge in [0.1, 0.15) is 11.4 Å². The number of aromatic nitrogens is 1. The third-order valence-corrected chi connectivity index (χ3v) is 7.67. The molecule has 0 spiro atoms. The molecule has 2 aromatic carbocycles. The molecule has 6 nitrogen and oxygen atoms in total. The minimum absolute atomic E-state index is 0.0593. The zero-order chi connectivity index (χ0) is 26.5. The highest BCUT2D eigenvalue weighted by atomic mass is 35.5. The Labute approximate surface area is 218 Å². The zero-order valence-electron chi connectivity index (χ0n) is 19.0. The van der Waals surface area contributed by atoms with Gasteiger partial charge in [-0.05, 0) is 30.3 Å². The second-order valence-electron chi connectivity index (χ2n) is 7.22. The lowest BCUT2D eigenvalue weighted by Crippen LogP contribution is -2.27. The van der Waals surface area contributed by atoms with Gasteiger partial charge in [-0.2, -0.15) is 18.4 Å². The summed E-state index contributed by atoms with van der Waals surface area (Å²) in [4.78, 5) is 18.9. The number of hydrogen-bond donors (Lipinski definition) is 1. The third kappa shape index (κ3) is 6.07. The van der Waals surface area contributed by atoms with Crippen molar-refractivity contribution in [1.29, 1.82) is 5.26 Å². The Morgan fingerprint density at radius 3 is 2.61 bits per heavy atom. The summed E-state index contributed by atoms with van der Waals surface area (Å²) in [5, 5.41) is 18.8. The van der Waals surface area contributed by atoms with Crippen molar-refractivity contribution in [3.05, 3.63) is 70.5 Å². The van der Waals surface area contributed by atoms with Gasteiger partial charge in [0.2, 0.25) is 0 Å². The van der Waals surface area contributed by atoms with Gasteiger partial charge in [-0.25, -0.2) is 0 Å². The fourth-order valence-corrected chi connectivity index (χ4v) is 5.54. The number of carbonyl (C=O) groups is 1. The number of rotatable bonds is 8. The fraction of sp³-hybridized carbons (Fsp3) is 0.208. The molecule has 0 bridgehead atoms. The van der Waals surface area contributed by atoms with Gasteiger partial charge in [-0.15, -0.1) is 0 Å². The number of benzene rings is 2. The van der Waals surface area contributed by atoms with Crippen LogP contribution in [0.3, 0.4) is 0 Å². The first-order chi connectivity index (χ1) is 17.1. The van der Waals surface area contributed by atoms with E-state index in [4.69, 9.17) is 21.4 Å². The molecule has 1 aromatic heterocycles. The highest BCUT2D eigenvalue weighted by molar-refractivity contribution is 8.76. The molecule has 1 amide bonds. The quantitative estimate of drug-likeness (QED) is 0.258. The number of amides is 1. The van der Waals surface area contributed by atoms with Gasteiger partial charge in [0, 0.05) is 40.0 Å². The maximum atomic E-state index is 13.6. The summed E-state index contributed by atoms with van der Waals surface area (Å²) < 4.78 is 44.7. The molecule has 12 heteroatoms. The van der Waals surface area contributed by atoms with Crippen molar-refractivity contribution in [1.82, 2.24) is 4.98 Å². The van der Waals surface area contributed by atoms with Gasteiger partial charge in [0.15, 0.2) is 0 Å². The summed E-state index contributed by atoms with van der Waals surface area (Å²) in [7, 11) is 5.56. The first kappa shape index (κ1) is 27.7. The molecule has 3 aromatic rings. The van der Waals surface area contributed by atoms with E-state index >= 15 is 0 Å². The van der Waals surface area contributed by atoms with E-state index in [9.17, 15) is 23.2 Å². The second-order valence-corrected chi connectivity index (χ2v) is 10.1. The maximum Gasteiger partial charge on any atom is 0.433 e. The van der Waals surface area contributed by atoms with E-state index in [-0.39, 0.29) is 33.9 Å². The number of nitriles is 1. The average Bonchev–Trinajstić information content (AvgIpc) is 2.87. The maximum absolute atomic E-state index is 13.6. The first-order valence-corrected chi connectivity index (χ1v) is 12.9. The molecule has 0 saturated carbocycles. The Hall–Kier alpha value is -2.91. The number of aliphatic hydroxyl groups excluding tert-OH is 1. The van der Waals surface area contributed by atoms with E-state index in [1.165, 1.54) is 45.7 Å². The van der Waals surface area contributed by atoms with E-state index in [0.29, 0.717) is 28.2 Å². The van der Waals surface area contributed by atoms with Crippen LogP contribution in [0.2, 0.25) is 5.02 Å². The van der Waals surface area contributed by atoms with Crippen molar-refractivity contribution < 1.29 is 27.8 Å². The number of halogens is 4. The molecule has 0 aliphatic heterocycles. The molecule has 0 unspecified atom stereocenters. The van der Waals surface area contributed by atoms with E-state index in [1.807, 2.05) is 0 Å². The van der Waals surface area contributed by atoms with Crippen molar-refractivity contribution in [2.45, 2.75) is 11.1 Å². The Morgan fingerprint density at radius 1 is 1.25 bits per heavy atom. The number of nitrogens with zero attached hydrogens (tertiary/aromatic N) is 3. The molecule has 0 atom stereocenters. The molecule has 188 valence electrons. The van der Waals surface area contributed by atoms with Crippen LogP contribution in [-0.2, 0) is 6.18 Å². The molecule has 0 fully saturated rings. The Kier molecular flexibility index (Phi) is 9.13. The van der Waals surface area contributed by atoms with Gasteiger partial charge in [-0.1, -0.05) is 45.3 Å². The van der Waals surface area contributed by atoms with Crippen molar-refractivity contribution in [3.8, 4) is 22.9 Å². The van der Waals surface area contributed by atoms with Crippen molar-refractivity contribution in [3.63, 3.8) is 0 Å². The summed E-state index contributed by atoms with van der Waals surface area (Å²) in [6, 6.07) is 12.3. The molecule has 0 aliphatic rings. The van der Waals surface area contributed by atoms with Crippen molar-refractivity contribution in [2.24, 2.45) is 0 Å². The number of methoxy groups -OCH3 is 1. The van der Waals surface area contributed by atoms with Gasteiger partial charge >= 0.3 is 6.18 Å². The lowest BCUT2D eigenvalue weighted by Gasteiger charge is -2.22. The van der Waals surface area contributed by atoms with Crippen LogP contribution in [0.5, 0.6) is 5.75 Å². The summed E-state index contributed by atoms with van der Waals surface area (Å²) in [6.45, 7) is -0.0728. The van der Waals surface area contributed by atoms with Gasteiger partial charge in [0.05, 0.1) is 36.6 Å². The highest BCUT2D eigenvalue weighted by Crippen LogP contribution is 2.41. The van der Waals surface area contributed by atoms with Crippen LogP contribution in [0.1, 0.15) is 21.6 Å². The highest BCUT2D eigenvalue weighted by Gasteiger charge is 2.33. The molecule has 0 radical (unpaired) electrons. The van der Waals surface area contributed by atoms with Crippen molar-refractivity contribution >= 4 is 44.8 Å². The number of hydrogen-bond acceptors (Lipinski definition) is 7. The molecule has 0 saturated heterocycles. The summed E-state index contributed by atoms with van der Waals surface area (Å²) in [5.74, 6) is 0.412. The van der Waals surface area contributed by atoms with Crippen LogP contribution >= 0.6 is 33.2 Å². The lowest BCUT2D eigenvalue weighted by molar-refractivity contribution is -0.141. The van der Waals surface area contributed by atoms with Crippen LogP contribution < -0.4 is 9.64 Å². The zero-order valence-corrected chi connectivity index (χ0v) is 21.4. The summed E-state index contributed by atoms with van der Waals surface area (Å²) in [5.41, 5.74) is -0.562. The minimum atomic E-state index is -4.73. The largest absolute Gasteiger partial charge is 0.495 e. The molecular weight excluding hydrogens is 535 g/mol. The normalized spacial score (nSPS) is 11.2. The van der Waals surface area contributed by atoms with Crippen molar-refractivity contribution in [2.75, 3.05) is 31.4 Å². The second kappa shape index (κ2) is 11.9. The van der Waals surface area contributed by atoms with Gasteiger partial charge in [-0.3, -0.25) is 9.78 Å². The van der Waals surface area contributed by atoms with Crippen LogP contribution in [-0.4, -0.2) is 42.5 Å². The third-order valence-electron chi connectivity index (χ3n) is 4.98. The van der Waals surface area contributed by atoms with E-state index in [1.54, 1.807) is 37.4 Å². The fourth-order valence-electron chi connectivity index (χ4n) is 3.25. The molecule has 0 aliphatic carbocycles. The predicted molar refractivity (Wildman–Crippen MR) is 136 cm³/mol. The number of para-hydroxylation sites is 2. The van der Waals surface area contributed by atoms with E-state index in [0.717, 1.165) is 6.20 Å². The van der Waals surface area contributed by atoms with Crippen LogP contribution in [0, 0.1) is 11.3 Å². The predicted octanol–water partition coefficient (Wildman–Crippen LogP) is 6.31. The smallest absolute Gasteiger partial charge is 0.433 e. The van der Waals surface area contributed by atoms with Gasteiger partial charge in [0.25, 0.3) is 5.91 Å².